The molecule has 1 aliphatic heterocycles. The molecule has 0 radical (unpaired) electrons. The van der Waals surface area contributed by atoms with Crippen LogP contribution in [0.5, 0.6) is 0 Å². The number of benzene rings is 2. The van der Waals surface area contributed by atoms with Gasteiger partial charge in [-0.3, -0.25) is 4.99 Å². The van der Waals surface area contributed by atoms with E-state index in [9.17, 15) is 9.65 Å². The number of amidine groups is 1. The van der Waals surface area contributed by atoms with E-state index in [4.69, 9.17) is 0 Å². The molecule has 1 aliphatic rings. The molecule has 0 aromatic heterocycles. The van der Waals surface area contributed by atoms with E-state index in [1.807, 2.05) is 76.5 Å². The van der Waals surface area contributed by atoms with Crippen molar-refractivity contribution in [3.63, 3.8) is 0 Å². The molecule has 3 rings (SSSR count). The molecule has 0 saturated heterocycles. The monoisotopic (exact) mass is 541 g/mol. The molecule has 0 aliphatic carbocycles. The minimum absolute atomic E-state index is 0.652. The van der Waals surface area contributed by atoms with Gasteiger partial charge in [-0.25, -0.2) is 4.39 Å². The Hall–Kier alpha value is -3.97. The molecule has 2 aromatic rings. The third-order valence-corrected chi connectivity index (χ3v) is 5.40. The molecule has 0 atom stereocenters. The molecule has 0 unspecified atom stereocenters. The van der Waals surface area contributed by atoms with Crippen LogP contribution in [0, 0.1) is 11.3 Å². The summed E-state index contributed by atoms with van der Waals surface area (Å²) in [5.74, 6) is 0.925. The molecule has 4 heteroatoms. The molecule has 0 spiro atoms. The predicted molar refractivity (Wildman–Crippen MR) is 175 cm³/mol. The van der Waals surface area contributed by atoms with Crippen LogP contribution in [0.25, 0.3) is 11.1 Å². The molecule has 0 bridgehead atoms. The van der Waals surface area contributed by atoms with Gasteiger partial charge in [-0.05, 0) is 68.5 Å². The number of allylic oxidation sites excluding steroid dienone is 7. The largest absolute Gasteiger partial charge is 0.356 e. The van der Waals surface area contributed by atoms with E-state index in [0.29, 0.717) is 5.56 Å². The van der Waals surface area contributed by atoms with Crippen LogP contribution < -0.4 is 0 Å². The van der Waals surface area contributed by atoms with Crippen LogP contribution >= 0.6 is 0 Å². The highest BCUT2D eigenvalue weighted by molar-refractivity contribution is 6.30. The van der Waals surface area contributed by atoms with Crippen molar-refractivity contribution in [1.29, 1.82) is 5.26 Å². The Balaban J connectivity index is 0.000000794. The smallest absolute Gasteiger partial charge is 0.131 e. The molecule has 214 valence electrons. The van der Waals surface area contributed by atoms with Gasteiger partial charge >= 0.3 is 0 Å². The summed E-state index contributed by atoms with van der Waals surface area (Å²) in [6, 6.07) is 20.2. The molecular weight excluding hydrogens is 493 g/mol. The van der Waals surface area contributed by atoms with Gasteiger partial charge in [0.1, 0.15) is 5.84 Å². The van der Waals surface area contributed by atoms with Crippen molar-refractivity contribution in [2.24, 2.45) is 4.99 Å². The Bertz CT molecular complexity index is 1220. The second kappa shape index (κ2) is 20.9. The van der Waals surface area contributed by atoms with E-state index < -0.39 is 6.17 Å². The first kappa shape index (κ1) is 36.0. The van der Waals surface area contributed by atoms with Crippen LogP contribution in [0.1, 0.15) is 71.6 Å². The summed E-state index contributed by atoms with van der Waals surface area (Å²) in [5.41, 5.74) is 7.59. The molecule has 0 amide bonds. The van der Waals surface area contributed by atoms with Crippen LogP contribution in [0.3, 0.4) is 0 Å². The van der Waals surface area contributed by atoms with Gasteiger partial charge in [-0.1, -0.05) is 106 Å². The number of nitriles is 1. The minimum atomic E-state index is -0.667. The van der Waals surface area contributed by atoms with E-state index in [1.54, 1.807) is 0 Å². The average Bonchev–Trinajstić information content (AvgIpc) is 3.13. The second-order valence-corrected chi connectivity index (χ2v) is 9.23. The topological polar surface area (TPSA) is 39.4 Å². The van der Waals surface area contributed by atoms with Gasteiger partial charge in [0, 0.05) is 26.2 Å². The SMILES string of the molecule is C=C/C(=C\C=C(C)C)CC.CC.CC(C)F.CN=C1C(c2cccc(C#N)c2)=C(c2ccccc2)C=CCN1C. The highest BCUT2D eigenvalue weighted by atomic mass is 19.1. The second-order valence-electron chi connectivity index (χ2n) is 9.23. The van der Waals surface area contributed by atoms with Crippen molar-refractivity contribution in [1.82, 2.24) is 4.90 Å². The summed E-state index contributed by atoms with van der Waals surface area (Å²) in [6.45, 7) is 17.8. The van der Waals surface area contributed by atoms with Crippen molar-refractivity contribution >= 4 is 17.0 Å². The van der Waals surface area contributed by atoms with Crippen LogP contribution in [0.2, 0.25) is 0 Å². The number of halogens is 1. The number of nitrogens with zero attached hydrogens (tertiary/aromatic N) is 3. The molecular formula is C36H48FN3. The molecule has 3 nitrogen and oxygen atoms in total. The summed E-state index contributed by atoms with van der Waals surface area (Å²) < 4.78 is 11.0. The van der Waals surface area contributed by atoms with Crippen LogP contribution in [-0.4, -0.2) is 37.5 Å². The van der Waals surface area contributed by atoms with E-state index in [-0.39, 0.29) is 0 Å². The minimum Gasteiger partial charge on any atom is -0.356 e. The lowest BCUT2D eigenvalue weighted by Gasteiger charge is -2.22. The number of hydrogen-bond donors (Lipinski definition) is 0. The van der Waals surface area contributed by atoms with Gasteiger partial charge in [-0.2, -0.15) is 5.26 Å². The summed E-state index contributed by atoms with van der Waals surface area (Å²) in [4.78, 5) is 6.67. The normalized spacial score (nSPS) is 13.5. The zero-order chi connectivity index (χ0) is 30.5. The van der Waals surface area contributed by atoms with Gasteiger partial charge in [0.15, 0.2) is 0 Å². The van der Waals surface area contributed by atoms with E-state index in [1.165, 1.54) is 25.0 Å². The van der Waals surface area contributed by atoms with Gasteiger partial charge < -0.3 is 4.90 Å². The zero-order valence-corrected chi connectivity index (χ0v) is 26.0. The van der Waals surface area contributed by atoms with Gasteiger partial charge in [0.25, 0.3) is 0 Å². The van der Waals surface area contributed by atoms with E-state index >= 15 is 0 Å². The summed E-state index contributed by atoms with van der Waals surface area (Å²) in [6.07, 6.45) is 10.8. The van der Waals surface area contributed by atoms with Crippen molar-refractivity contribution in [2.75, 3.05) is 20.6 Å². The summed E-state index contributed by atoms with van der Waals surface area (Å²) in [5, 5.41) is 9.25. The fourth-order valence-corrected chi connectivity index (χ4v) is 3.58. The quantitative estimate of drug-likeness (QED) is 0.353. The van der Waals surface area contributed by atoms with Crippen LogP contribution in [0.15, 0.2) is 108 Å². The molecule has 0 fully saturated rings. The Labute approximate surface area is 243 Å². The summed E-state index contributed by atoms with van der Waals surface area (Å²) >= 11 is 0. The highest BCUT2D eigenvalue weighted by Gasteiger charge is 2.20. The number of alkyl halides is 1. The fourth-order valence-electron chi connectivity index (χ4n) is 3.58. The molecule has 2 aromatic carbocycles. The molecule has 40 heavy (non-hydrogen) atoms. The average molecular weight is 542 g/mol. The van der Waals surface area contributed by atoms with Gasteiger partial charge in [-0.15, -0.1) is 0 Å². The third kappa shape index (κ3) is 13.2. The van der Waals surface area contributed by atoms with E-state index in [0.717, 1.165) is 41.1 Å². The van der Waals surface area contributed by atoms with Crippen LogP contribution in [0.4, 0.5) is 4.39 Å². The Kier molecular flexibility index (Phi) is 18.8. The van der Waals surface area contributed by atoms with Crippen molar-refractivity contribution in [2.45, 2.75) is 61.1 Å². The Morgan fingerprint density at radius 1 is 1.07 bits per heavy atom. The highest BCUT2D eigenvalue weighted by Crippen LogP contribution is 2.31. The van der Waals surface area contributed by atoms with Gasteiger partial charge in [0.2, 0.25) is 0 Å². The Morgan fingerprint density at radius 2 is 1.68 bits per heavy atom. The number of hydrogen-bond acceptors (Lipinski definition) is 2. The number of likely N-dealkylation sites (N-methyl/N-ethyl adjacent to an activating group) is 1. The van der Waals surface area contributed by atoms with E-state index in [2.05, 4.69) is 79.7 Å². The lowest BCUT2D eigenvalue weighted by atomic mass is 9.92. The molecule has 0 N–H and O–H groups in total. The zero-order valence-electron chi connectivity index (χ0n) is 26.0. The van der Waals surface area contributed by atoms with Crippen molar-refractivity contribution in [3.8, 4) is 6.07 Å². The number of rotatable bonds is 5. The van der Waals surface area contributed by atoms with Gasteiger partial charge in [0.05, 0.1) is 17.8 Å². The molecule has 0 saturated carbocycles. The number of aliphatic imine (C=N–C) groups is 1. The maximum atomic E-state index is 11.0. The lowest BCUT2D eigenvalue weighted by molar-refractivity contribution is 0.391. The third-order valence-electron chi connectivity index (χ3n) is 5.40. The standard InChI is InChI=1S/C21H19N3.C10H16.C3H7F.C2H6/c1-23-21-20(18-11-6-8-16(14-18)15-22)19(12-7-13-24(21)2)17-9-4-3-5-10-17;1-5-10(6-2)8-7-9(3)4;1-3(2)4;1-2/h3-12,14H,13H2,1-2H3;5,7-8H,1,6H2,2-4H3;3H,1-2H3;1-2H3/b;10-8+;;. The maximum absolute atomic E-state index is 11.0. The first-order valence-electron chi connectivity index (χ1n) is 13.9. The lowest BCUT2D eigenvalue weighted by Crippen LogP contribution is -2.27. The first-order valence-corrected chi connectivity index (χ1v) is 13.9. The maximum Gasteiger partial charge on any atom is 0.131 e. The fraction of sp³-hybridized carbons (Fsp3) is 0.333. The Morgan fingerprint density at radius 3 is 2.17 bits per heavy atom. The summed E-state index contributed by atoms with van der Waals surface area (Å²) in [7, 11) is 3.85. The molecule has 1 heterocycles. The first-order chi connectivity index (χ1) is 19.2. The van der Waals surface area contributed by atoms with Crippen molar-refractivity contribution < 1.29 is 4.39 Å². The van der Waals surface area contributed by atoms with Crippen LogP contribution in [-0.2, 0) is 0 Å². The van der Waals surface area contributed by atoms with Crippen molar-refractivity contribution in [3.05, 3.63) is 119 Å². The predicted octanol–water partition coefficient (Wildman–Crippen LogP) is 9.86.